The lowest BCUT2D eigenvalue weighted by atomic mass is 10.2. The number of pyridine rings is 1. The quantitative estimate of drug-likeness (QED) is 0.699. The van der Waals surface area contributed by atoms with E-state index in [9.17, 15) is 18.0 Å². The molecule has 3 rings (SSSR count). The number of hydrogen-bond donors (Lipinski definition) is 1. The summed E-state index contributed by atoms with van der Waals surface area (Å²) in [4.78, 5) is 28.7. The monoisotopic (exact) mass is 444 g/mol. The lowest BCUT2D eigenvalue weighted by Crippen LogP contribution is -2.49. The Labute approximate surface area is 176 Å². The second kappa shape index (κ2) is 9.90. The fourth-order valence-corrected chi connectivity index (χ4v) is 3.08. The highest BCUT2D eigenvalue weighted by Crippen LogP contribution is 2.25. The van der Waals surface area contributed by atoms with E-state index >= 15 is 0 Å². The first-order valence-corrected chi connectivity index (χ1v) is 9.57. The number of anilines is 1. The van der Waals surface area contributed by atoms with Crippen molar-refractivity contribution in [3.8, 4) is 5.88 Å². The van der Waals surface area contributed by atoms with E-state index < -0.39 is 18.7 Å². The molecule has 0 saturated carbocycles. The summed E-state index contributed by atoms with van der Waals surface area (Å²) < 4.78 is 41.1. The summed E-state index contributed by atoms with van der Waals surface area (Å²) in [5.41, 5.74) is 0.144. The van der Waals surface area contributed by atoms with Gasteiger partial charge in [-0.3, -0.25) is 9.69 Å². The molecule has 1 fully saturated rings. The highest BCUT2D eigenvalue weighted by Gasteiger charge is 2.29. The van der Waals surface area contributed by atoms with Gasteiger partial charge in [0.1, 0.15) is 5.02 Å². The van der Waals surface area contributed by atoms with Crippen LogP contribution in [-0.2, 0) is 0 Å². The summed E-state index contributed by atoms with van der Waals surface area (Å²) in [5, 5.41) is 2.59. The number of amides is 1. The number of alkyl halides is 3. The molecule has 1 N–H and O–H groups in total. The smallest absolute Gasteiger partial charge is 0.422 e. The summed E-state index contributed by atoms with van der Waals surface area (Å²) in [7, 11) is 0. The molecule has 12 heteroatoms. The van der Waals surface area contributed by atoms with Crippen LogP contribution in [-0.4, -0.2) is 77.8 Å². The molecule has 0 radical (unpaired) electrons. The van der Waals surface area contributed by atoms with Gasteiger partial charge >= 0.3 is 6.18 Å². The number of hydrogen-bond acceptors (Lipinski definition) is 7. The number of carbonyl (C=O) groups is 1. The van der Waals surface area contributed by atoms with Crippen LogP contribution in [0.25, 0.3) is 0 Å². The van der Waals surface area contributed by atoms with Gasteiger partial charge in [0, 0.05) is 57.9 Å². The lowest BCUT2D eigenvalue weighted by Gasteiger charge is -2.34. The van der Waals surface area contributed by atoms with Gasteiger partial charge in [0.15, 0.2) is 6.61 Å². The number of ether oxygens (including phenoxy) is 1. The van der Waals surface area contributed by atoms with Gasteiger partial charge in [0.2, 0.25) is 11.8 Å². The molecule has 1 amide bonds. The molecule has 1 aliphatic rings. The molecule has 8 nitrogen and oxygen atoms in total. The van der Waals surface area contributed by atoms with Crippen molar-refractivity contribution in [2.45, 2.75) is 6.18 Å². The maximum Gasteiger partial charge on any atom is 0.422 e. The van der Waals surface area contributed by atoms with Crippen LogP contribution in [0.5, 0.6) is 5.88 Å². The number of nitrogens with one attached hydrogen (secondary N) is 1. The summed E-state index contributed by atoms with van der Waals surface area (Å²) in [6, 6.07) is 3.00. The fraction of sp³-hybridized carbons (Fsp3) is 0.444. The molecule has 0 unspecified atom stereocenters. The molecule has 2 aromatic heterocycles. The van der Waals surface area contributed by atoms with Crippen molar-refractivity contribution in [3.63, 3.8) is 0 Å². The molecular formula is C18H20ClF3N6O2. The highest BCUT2D eigenvalue weighted by molar-refractivity contribution is 6.32. The second-order valence-electron chi connectivity index (χ2n) is 6.55. The van der Waals surface area contributed by atoms with Gasteiger partial charge in [-0.2, -0.15) is 13.2 Å². The van der Waals surface area contributed by atoms with E-state index in [1.165, 1.54) is 6.07 Å². The third-order valence-electron chi connectivity index (χ3n) is 4.36. The van der Waals surface area contributed by atoms with E-state index in [0.717, 1.165) is 32.4 Å². The Morgan fingerprint density at radius 1 is 1.17 bits per heavy atom. The minimum atomic E-state index is -4.50. The zero-order valence-electron chi connectivity index (χ0n) is 15.9. The molecule has 0 aliphatic carbocycles. The SMILES string of the molecule is O=C(NCCN1CCN(c2ncccn2)CC1)c1cnc(OCC(F)(F)F)c(Cl)c1. The lowest BCUT2D eigenvalue weighted by molar-refractivity contribution is -0.154. The van der Waals surface area contributed by atoms with Crippen LogP contribution < -0.4 is 15.0 Å². The standard InChI is InChI=1S/C18H20ClF3N6O2/c19-14-10-13(11-26-16(14)30-12-18(20,21)22)15(29)23-4-5-27-6-8-28(9-7-27)17-24-2-1-3-25-17/h1-3,10-11H,4-9,12H2,(H,23,29). The van der Waals surface area contributed by atoms with Crippen molar-refractivity contribution in [1.29, 1.82) is 0 Å². The first-order valence-electron chi connectivity index (χ1n) is 9.19. The molecule has 0 spiro atoms. The van der Waals surface area contributed by atoms with Gasteiger partial charge in [0.05, 0.1) is 5.56 Å². The first-order chi connectivity index (χ1) is 14.3. The van der Waals surface area contributed by atoms with E-state index in [2.05, 4.69) is 34.8 Å². The molecule has 30 heavy (non-hydrogen) atoms. The minimum Gasteiger partial charge on any atom is -0.467 e. The predicted octanol–water partition coefficient (Wildman–Crippen LogP) is 2.02. The molecule has 0 bridgehead atoms. The van der Waals surface area contributed by atoms with E-state index in [-0.39, 0.29) is 16.5 Å². The van der Waals surface area contributed by atoms with Crippen LogP contribution in [0.4, 0.5) is 19.1 Å². The van der Waals surface area contributed by atoms with Crippen LogP contribution in [0.3, 0.4) is 0 Å². The van der Waals surface area contributed by atoms with Crippen LogP contribution in [0.1, 0.15) is 10.4 Å². The Morgan fingerprint density at radius 3 is 2.50 bits per heavy atom. The van der Waals surface area contributed by atoms with Gasteiger partial charge in [-0.15, -0.1) is 0 Å². The van der Waals surface area contributed by atoms with Crippen molar-refractivity contribution in [2.24, 2.45) is 0 Å². The zero-order valence-corrected chi connectivity index (χ0v) is 16.7. The van der Waals surface area contributed by atoms with Crippen LogP contribution >= 0.6 is 11.6 Å². The zero-order chi connectivity index (χ0) is 21.6. The molecule has 1 saturated heterocycles. The predicted molar refractivity (Wildman–Crippen MR) is 104 cm³/mol. The topological polar surface area (TPSA) is 83.5 Å². The third kappa shape index (κ3) is 6.42. The summed E-state index contributed by atoms with van der Waals surface area (Å²) in [5.74, 6) is -0.0774. The molecule has 2 aromatic rings. The maximum absolute atomic E-state index is 12.2. The summed E-state index contributed by atoms with van der Waals surface area (Å²) in [6.07, 6.45) is 0.0485. The van der Waals surface area contributed by atoms with Crippen LogP contribution in [0, 0.1) is 0 Å². The summed E-state index contributed by atoms with van der Waals surface area (Å²) in [6.45, 7) is 2.76. The van der Waals surface area contributed by atoms with Crippen molar-refractivity contribution in [2.75, 3.05) is 50.8 Å². The molecular weight excluding hydrogens is 425 g/mol. The average Bonchev–Trinajstić information content (AvgIpc) is 2.73. The molecule has 162 valence electrons. The van der Waals surface area contributed by atoms with E-state index in [4.69, 9.17) is 11.6 Å². The molecule has 0 atom stereocenters. The Hall–Kier alpha value is -2.66. The number of nitrogens with zero attached hydrogens (tertiary/aromatic N) is 5. The second-order valence-corrected chi connectivity index (χ2v) is 6.96. The van der Waals surface area contributed by atoms with Gasteiger partial charge in [-0.05, 0) is 12.1 Å². The van der Waals surface area contributed by atoms with Crippen molar-refractivity contribution in [3.05, 3.63) is 41.3 Å². The minimum absolute atomic E-state index is 0.144. The molecule has 1 aliphatic heterocycles. The highest BCUT2D eigenvalue weighted by atomic mass is 35.5. The van der Waals surface area contributed by atoms with Gasteiger partial charge < -0.3 is 15.0 Å². The Kier molecular flexibility index (Phi) is 7.27. The average molecular weight is 445 g/mol. The number of piperazine rings is 1. The third-order valence-corrected chi connectivity index (χ3v) is 4.63. The maximum atomic E-state index is 12.2. The fourth-order valence-electron chi connectivity index (χ4n) is 2.86. The largest absolute Gasteiger partial charge is 0.467 e. The molecule has 3 heterocycles. The Balaban J connectivity index is 1.41. The first kappa shape index (κ1) is 22.0. The summed E-state index contributed by atoms with van der Waals surface area (Å²) >= 11 is 5.86. The number of carbonyl (C=O) groups excluding carboxylic acids is 1. The number of halogens is 4. The van der Waals surface area contributed by atoms with Crippen molar-refractivity contribution < 1.29 is 22.7 Å². The normalized spacial score (nSPS) is 15.1. The van der Waals surface area contributed by atoms with Crippen LogP contribution in [0.15, 0.2) is 30.7 Å². The van der Waals surface area contributed by atoms with E-state index in [1.54, 1.807) is 18.5 Å². The van der Waals surface area contributed by atoms with Gasteiger partial charge in [-0.1, -0.05) is 11.6 Å². The number of aromatic nitrogens is 3. The Bertz CT molecular complexity index is 848. The van der Waals surface area contributed by atoms with Crippen molar-refractivity contribution >= 4 is 23.5 Å². The molecule has 0 aromatic carbocycles. The van der Waals surface area contributed by atoms with Crippen molar-refractivity contribution in [1.82, 2.24) is 25.2 Å². The van der Waals surface area contributed by atoms with Gasteiger partial charge in [0.25, 0.3) is 5.91 Å². The Morgan fingerprint density at radius 2 is 1.87 bits per heavy atom. The van der Waals surface area contributed by atoms with Crippen LogP contribution in [0.2, 0.25) is 5.02 Å². The number of rotatable bonds is 7. The van der Waals surface area contributed by atoms with E-state index in [1.807, 2.05) is 0 Å². The van der Waals surface area contributed by atoms with E-state index in [0.29, 0.717) is 19.0 Å². The van der Waals surface area contributed by atoms with Gasteiger partial charge in [-0.25, -0.2) is 15.0 Å².